The first kappa shape index (κ1) is 21.3. The van der Waals surface area contributed by atoms with Crippen LogP contribution in [0.5, 0.6) is 5.75 Å². The summed E-state index contributed by atoms with van der Waals surface area (Å²) in [7, 11) is 1.66. The van der Waals surface area contributed by atoms with Crippen LogP contribution in [-0.2, 0) is 11.2 Å². The van der Waals surface area contributed by atoms with Crippen LogP contribution in [0.4, 0.5) is 0 Å². The maximum absolute atomic E-state index is 12.5. The molecule has 0 saturated carbocycles. The van der Waals surface area contributed by atoms with Gasteiger partial charge in [-0.2, -0.15) is 0 Å². The molecule has 0 spiro atoms. The number of rotatable bonds is 9. The van der Waals surface area contributed by atoms with Crippen LogP contribution in [-0.4, -0.2) is 62.1 Å². The van der Waals surface area contributed by atoms with Crippen molar-refractivity contribution in [3.8, 4) is 5.75 Å². The van der Waals surface area contributed by atoms with Gasteiger partial charge in [0, 0.05) is 39.1 Å². The number of likely N-dealkylation sites (N-methyl/N-ethyl adjacent to an activating group) is 1. The largest absolute Gasteiger partial charge is 0.497 e. The van der Waals surface area contributed by atoms with Gasteiger partial charge in [0.1, 0.15) is 5.75 Å². The van der Waals surface area contributed by atoms with Crippen LogP contribution in [0.1, 0.15) is 30.5 Å². The quantitative estimate of drug-likeness (QED) is 0.709. The molecule has 2 aromatic rings. The Morgan fingerprint density at radius 3 is 2.34 bits per heavy atom. The van der Waals surface area contributed by atoms with E-state index in [-0.39, 0.29) is 11.9 Å². The third-order valence-corrected chi connectivity index (χ3v) is 5.77. The Morgan fingerprint density at radius 1 is 1.03 bits per heavy atom. The van der Waals surface area contributed by atoms with E-state index in [0.29, 0.717) is 13.0 Å². The monoisotopic (exact) mass is 395 g/mol. The van der Waals surface area contributed by atoms with E-state index in [1.54, 1.807) is 7.11 Å². The van der Waals surface area contributed by atoms with Gasteiger partial charge in [0.25, 0.3) is 0 Å². The van der Waals surface area contributed by atoms with E-state index in [1.807, 2.05) is 30.3 Å². The summed E-state index contributed by atoms with van der Waals surface area (Å²) in [5.74, 6) is 0.945. The summed E-state index contributed by atoms with van der Waals surface area (Å²) in [5, 5.41) is 3.18. The molecule has 1 amide bonds. The van der Waals surface area contributed by atoms with E-state index in [4.69, 9.17) is 4.74 Å². The van der Waals surface area contributed by atoms with Gasteiger partial charge >= 0.3 is 0 Å². The molecule has 3 rings (SSSR count). The fraction of sp³-hybridized carbons (Fsp3) is 0.458. The van der Waals surface area contributed by atoms with Crippen molar-refractivity contribution in [2.45, 2.75) is 25.8 Å². The highest BCUT2D eigenvalue weighted by Gasteiger charge is 2.24. The number of piperazine rings is 1. The number of ether oxygens (including phenoxy) is 1. The Balaban J connectivity index is 1.54. The minimum Gasteiger partial charge on any atom is -0.497 e. The zero-order valence-corrected chi connectivity index (χ0v) is 17.6. The predicted molar refractivity (Wildman–Crippen MR) is 117 cm³/mol. The van der Waals surface area contributed by atoms with E-state index in [1.165, 1.54) is 5.56 Å². The molecule has 0 aliphatic carbocycles. The lowest BCUT2D eigenvalue weighted by molar-refractivity contribution is -0.121. The number of carbonyl (C=O) groups excluding carboxylic acids is 1. The van der Waals surface area contributed by atoms with Gasteiger partial charge < -0.3 is 15.0 Å². The van der Waals surface area contributed by atoms with Crippen LogP contribution in [0.25, 0.3) is 0 Å². The van der Waals surface area contributed by atoms with Crippen molar-refractivity contribution >= 4 is 5.91 Å². The number of nitrogens with zero attached hydrogens (tertiary/aromatic N) is 2. The molecule has 1 aliphatic rings. The van der Waals surface area contributed by atoms with Gasteiger partial charge in [0.2, 0.25) is 5.91 Å². The molecule has 1 N–H and O–H groups in total. The van der Waals surface area contributed by atoms with Gasteiger partial charge in [0.05, 0.1) is 13.2 Å². The Labute approximate surface area is 174 Å². The number of carbonyl (C=O) groups is 1. The molecule has 2 aromatic carbocycles. The van der Waals surface area contributed by atoms with E-state index in [9.17, 15) is 4.79 Å². The van der Waals surface area contributed by atoms with Crippen LogP contribution < -0.4 is 10.1 Å². The van der Waals surface area contributed by atoms with Crippen molar-refractivity contribution in [3.63, 3.8) is 0 Å². The standard InChI is InChI=1S/C24H33N3O2/c1-3-26-15-17-27(18-16-26)23(21-7-5-4-6-8-21)19-25-24(28)14-11-20-9-12-22(29-2)13-10-20/h4-10,12-13,23H,3,11,14-19H2,1-2H3,(H,25,28). The number of amides is 1. The fourth-order valence-electron chi connectivity index (χ4n) is 3.87. The van der Waals surface area contributed by atoms with Crippen LogP contribution in [0, 0.1) is 0 Å². The van der Waals surface area contributed by atoms with Gasteiger partial charge in [-0.1, -0.05) is 49.4 Å². The van der Waals surface area contributed by atoms with Crippen molar-refractivity contribution in [2.24, 2.45) is 0 Å². The summed E-state index contributed by atoms with van der Waals surface area (Å²) in [6, 6.07) is 18.7. The van der Waals surface area contributed by atoms with E-state index < -0.39 is 0 Å². The maximum Gasteiger partial charge on any atom is 0.220 e. The molecule has 0 bridgehead atoms. The van der Waals surface area contributed by atoms with Crippen LogP contribution in [0.2, 0.25) is 0 Å². The second kappa shape index (κ2) is 11.0. The Morgan fingerprint density at radius 2 is 1.72 bits per heavy atom. The zero-order chi connectivity index (χ0) is 20.5. The highest BCUT2D eigenvalue weighted by molar-refractivity contribution is 5.76. The highest BCUT2D eigenvalue weighted by atomic mass is 16.5. The lowest BCUT2D eigenvalue weighted by atomic mass is 10.0. The molecule has 1 aliphatic heterocycles. The summed E-state index contributed by atoms with van der Waals surface area (Å²) < 4.78 is 5.19. The van der Waals surface area contributed by atoms with Gasteiger partial charge in [-0.15, -0.1) is 0 Å². The molecule has 29 heavy (non-hydrogen) atoms. The molecule has 5 heteroatoms. The predicted octanol–water partition coefficient (Wildman–Crippen LogP) is 3.12. The molecule has 1 fully saturated rings. The van der Waals surface area contributed by atoms with Crippen molar-refractivity contribution in [2.75, 3.05) is 46.4 Å². The van der Waals surface area contributed by atoms with Crippen molar-refractivity contribution < 1.29 is 9.53 Å². The van der Waals surface area contributed by atoms with Crippen LogP contribution in [0.3, 0.4) is 0 Å². The second-order valence-electron chi connectivity index (χ2n) is 7.55. The topological polar surface area (TPSA) is 44.8 Å². The molecule has 0 radical (unpaired) electrons. The lowest BCUT2D eigenvalue weighted by Crippen LogP contribution is -2.49. The number of hydrogen-bond acceptors (Lipinski definition) is 4. The van der Waals surface area contributed by atoms with Crippen LogP contribution >= 0.6 is 0 Å². The molecule has 156 valence electrons. The third-order valence-electron chi connectivity index (χ3n) is 5.77. The maximum atomic E-state index is 12.5. The third kappa shape index (κ3) is 6.31. The summed E-state index contributed by atoms with van der Waals surface area (Å²) in [6.07, 6.45) is 1.23. The molecular weight excluding hydrogens is 362 g/mol. The van der Waals surface area contributed by atoms with Gasteiger partial charge in [0.15, 0.2) is 0 Å². The first-order valence-corrected chi connectivity index (χ1v) is 10.6. The SMILES string of the molecule is CCN1CCN(C(CNC(=O)CCc2ccc(OC)cc2)c2ccccc2)CC1. The number of benzene rings is 2. The van der Waals surface area contributed by atoms with Gasteiger partial charge in [-0.05, 0) is 36.2 Å². The summed E-state index contributed by atoms with van der Waals surface area (Å²) in [6.45, 7) is 8.22. The minimum atomic E-state index is 0.106. The Hall–Kier alpha value is -2.37. The average Bonchev–Trinajstić information content (AvgIpc) is 2.79. The Bertz CT molecular complexity index is 740. The normalized spacial score (nSPS) is 16.3. The van der Waals surface area contributed by atoms with Gasteiger partial charge in [-0.25, -0.2) is 0 Å². The zero-order valence-electron chi connectivity index (χ0n) is 17.6. The number of nitrogens with one attached hydrogen (secondary N) is 1. The minimum absolute atomic E-state index is 0.106. The smallest absolute Gasteiger partial charge is 0.220 e. The molecule has 0 aromatic heterocycles. The second-order valence-corrected chi connectivity index (χ2v) is 7.55. The summed E-state index contributed by atoms with van der Waals surface area (Å²) in [4.78, 5) is 17.5. The average molecular weight is 396 g/mol. The molecule has 1 heterocycles. The van der Waals surface area contributed by atoms with Crippen molar-refractivity contribution in [1.82, 2.24) is 15.1 Å². The summed E-state index contributed by atoms with van der Waals surface area (Å²) >= 11 is 0. The first-order chi connectivity index (χ1) is 14.2. The molecule has 1 unspecified atom stereocenters. The number of methoxy groups -OCH3 is 1. The molecule has 5 nitrogen and oxygen atoms in total. The lowest BCUT2D eigenvalue weighted by Gasteiger charge is -2.39. The van der Waals surface area contributed by atoms with Crippen molar-refractivity contribution in [3.05, 3.63) is 65.7 Å². The Kier molecular flexibility index (Phi) is 8.08. The summed E-state index contributed by atoms with van der Waals surface area (Å²) in [5.41, 5.74) is 2.42. The van der Waals surface area contributed by atoms with Crippen molar-refractivity contribution in [1.29, 1.82) is 0 Å². The molecule has 1 saturated heterocycles. The highest BCUT2D eigenvalue weighted by Crippen LogP contribution is 2.21. The van der Waals surface area contributed by atoms with Gasteiger partial charge in [-0.3, -0.25) is 9.69 Å². The molecule has 1 atom stereocenters. The first-order valence-electron chi connectivity index (χ1n) is 10.6. The fourth-order valence-corrected chi connectivity index (χ4v) is 3.87. The van der Waals surface area contributed by atoms with E-state index >= 15 is 0 Å². The van der Waals surface area contributed by atoms with E-state index in [2.05, 4.69) is 46.3 Å². The van der Waals surface area contributed by atoms with Crippen LogP contribution in [0.15, 0.2) is 54.6 Å². The van der Waals surface area contributed by atoms with E-state index in [0.717, 1.165) is 50.5 Å². The number of hydrogen-bond donors (Lipinski definition) is 1. The molecular formula is C24H33N3O2. The number of aryl methyl sites for hydroxylation is 1.